The predicted octanol–water partition coefficient (Wildman–Crippen LogP) is 2.31. The number of hydrogen-bond acceptors (Lipinski definition) is 4. The molecule has 0 aliphatic carbocycles. The van der Waals surface area contributed by atoms with Crippen molar-refractivity contribution >= 4 is 29.9 Å². The van der Waals surface area contributed by atoms with Crippen LogP contribution >= 0.6 is 24.0 Å². The smallest absolute Gasteiger partial charge is 0.191 e. The molecule has 1 aliphatic heterocycles. The van der Waals surface area contributed by atoms with Gasteiger partial charge in [-0.15, -0.1) is 24.0 Å². The molecule has 1 heterocycles. The first-order valence-corrected chi connectivity index (χ1v) is 10.6. The molecule has 0 aromatic heterocycles. The van der Waals surface area contributed by atoms with Crippen molar-refractivity contribution in [1.29, 1.82) is 0 Å². The van der Waals surface area contributed by atoms with Crippen LogP contribution in [-0.2, 0) is 0 Å². The molecule has 0 unspecified atom stereocenters. The quantitative estimate of drug-likeness (QED) is 0.210. The molecule has 162 valence electrons. The number of aliphatic imine (C=N–C) groups is 1. The second-order valence-electron chi connectivity index (χ2n) is 7.96. The number of halogens is 1. The van der Waals surface area contributed by atoms with Gasteiger partial charge in [0, 0.05) is 51.4 Å². The number of nitrogens with zero attached hydrogens (tertiary/aromatic N) is 4. The molecule has 0 aromatic rings. The van der Waals surface area contributed by atoms with E-state index in [9.17, 15) is 0 Å². The molecule has 1 saturated heterocycles. The monoisotopic (exact) mass is 496 g/mol. The maximum atomic E-state index is 4.76. The van der Waals surface area contributed by atoms with Crippen LogP contribution in [0.15, 0.2) is 4.99 Å². The first-order valence-electron chi connectivity index (χ1n) is 10.6. The summed E-state index contributed by atoms with van der Waals surface area (Å²) in [4.78, 5) is 12.3. The summed E-state index contributed by atoms with van der Waals surface area (Å²) in [5, 5.41) is 6.86. The highest BCUT2D eigenvalue weighted by molar-refractivity contribution is 14.0. The Bertz CT molecular complexity index is 381. The Morgan fingerprint density at radius 3 is 2.37 bits per heavy atom. The maximum absolute atomic E-state index is 4.76. The van der Waals surface area contributed by atoms with Crippen LogP contribution in [0, 0.1) is 0 Å². The average molecular weight is 497 g/mol. The van der Waals surface area contributed by atoms with Crippen molar-refractivity contribution in [1.82, 2.24) is 25.3 Å². The fourth-order valence-corrected chi connectivity index (χ4v) is 3.57. The van der Waals surface area contributed by atoms with Gasteiger partial charge in [0.1, 0.15) is 0 Å². The van der Waals surface area contributed by atoms with Crippen molar-refractivity contribution in [3.63, 3.8) is 0 Å². The van der Waals surface area contributed by atoms with Crippen molar-refractivity contribution < 1.29 is 0 Å². The third kappa shape index (κ3) is 12.1. The molecule has 27 heavy (non-hydrogen) atoms. The van der Waals surface area contributed by atoms with Gasteiger partial charge in [-0.1, -0.05) is 0 Å². The van der Waals surface area contributed by atoms with Crippen molar-refractivity contribution in [2.75, 3.05) is 66.0 Å². The average Bonchev–Trinajstić information content (AvgIpc) is 2.79. The topological polar surface area (TPSA) is 46.1 Å². The molecular formula is C20H45IN6. The second kappa shape index (κ2) is 15.8. The summed E-state index contributed by atoms with van der Waals surface area (Å²) in [6.45, 7) is 20.9. The molecule has 2 N–H and O–H groups in total. The van der Waals surface area contributed by atoms with Crippen LogP contribution in [0.5, 0.6) is 0 Å². The van der Waals surface area contributed by atoms with Crippen molar-refractivity contribution in [3.8, 4) is 0 Å². The molecule has 0 atom stereocenters. The Morgan fingerprint density at radius 2 is 1.74 bits per heavy atom. The van der Waals surface area contributed by atoms with E-state index in [1.165, 1.54) is 32.6 Å². The molecule has 0 amide bonds. The van der Waals surface area contributed by atoms with Crippen LogP contribution in [0.25, 0.3) is 0 Å². The third-order valence-electron chi connectivity index (χ3n) is 5.05. The van der Waals surface area contributed by atoms with Gasteiger partial charge in [0.05, 0.1) is 0 Å². The van der Waals surface area contributed by atoms with Crippen molar-refractivity contribution in [2.45, 2.75) is 59.5 Å². The molecular weight excluding hydrogens is 451 g/mol. The third-order valence-corrected chi connectivity index (χ3v) is 5.05. The maximum Gasteiger partial charge on any atom is 0.191 e. The van der Waals surface area contributed by atoms with Gasteiger partial charge < -0.3 is 20.4 Å². The van der Waals surface area contributed by atoms with Crippen LogP contribution in [0.1, 0.15) is 47.5 Å². The Kier molecular flexibility index (Phi) is 15.7. The van der Waals surface area contributed by atoms with Crippen LogP contribution < -0.4 is 10.6 Å². The van der Waals surface area contributed by atoms with Gasteiger partial charge in [0.15, 0.2) is 5.96 Å². The highest BCUT2D eigenvalue weighted by atomic mass is 127. The standard InChI is InChI=1S/C20H44N6.HI/c1-7-21-20(23-11-15-26(18(2)3)19(4)5)22-10-8-13-25-14-9-12-24(6)16-17-25;/h18-19H,7-17H2,1-6H3,(H2,21,22,23);1H. The SMILES string of the molecule is CCNC(=NCCCN1CCCN(C)CC1)NCCN(C(C)C)C(C)C.I. The van der Waals surface area contributed by atoms with Gasteiger partial charge in [-0.3, -0.25) is 9.89 Å². The molecule has 6 nitrogen and oxygen atoms in total. The number of likely N-dealkylation sites (N-methyl/N-ethyl adjacent to an activating group) is 1. The number of rotatable bonds is 10. The molecule has 0 aromatic carbocycles. The zero-order chi connectivity index (χ0) is 19.4. The van der Waals surface area contributed by atoms with Crippen LogP contribution in [0.4, 0.5) is 0 Å². The fraction of sp³-hybridized carbons (Fsp3) is 0.950. The number of nitrogens with one attached hydrogen (secondary N) is 2. The Labute approximate surface area is 185 Å². The van der Waals surface area contributed by atoms with E-state index in [1.54, 1.807) is 0 Å². The van der Waals surface area contributed by atoms with Gasteiger partial charge in [-0.25, -0.2) is 0 Å². The minimum Gasteiger partial charge on any atom is -0.357 e. The fourth-order valence-electron chi connectivity index (χ4n) is 3.57. The van der Waals surface area contributed by atoms with E-state index in [-0.39, 0.29) is 24.0 Å². The summed E-state index contributed by atoms with van der Waals surface area (Å²) in [5.41, 5.74) is 0. The van der Waals surface area contributed by atoms with E-state index in [0.717, 1.165) is 45.1 Å². The lowest BCUT2D eigenvalue weighted by molar-refractivity contribution is 0.178. The van der Waals surface area contributed by atoms with Crippen molar-refractivity contribution in [2.24, 2.45) is 4.99 Å². The summed E-state index contributed by atoms with van der Waals surface area (Å²) < 4.78 is 0. The summed E-state index contributed by atoms with van der Waals surface area (Å²) in [6.07, 6.45) is 2.41. The van der Waals surface area contributed by atoms with Gasteiger partial charge in [-0.2, -0.15) is 0 Å². The minimum atomic E-state index is 0. The minimum absolute atomic E-state index is 0. The summed E-state index contributed by atoms with van der Waals surface area (Å²) >= 11 is 0. The molecule has 0 spiro atoms. The number of hydrogen-bond donors (Lipinski definition) is 2. The Balaban J connectivity index is 0.00000676. The number of guanidine groups is 1. The first kappa shape index (κ1) is 26.9. The van der Waals surface area contributed by atoms with E-state index in [2.05, 4.69) is 67.0 Å². The molecule has 0 radical (unpaired) electrons. The van der Waals surface area contributed by atoms with Crippen molar-refractivity contribution in [3.05, 3.63) is 0 Å². The first-order chi connectivity index (χ1) is 12.4. The Hall–Kier alpha value is -0.120. The van der Waals surface area contributed by atoms with Crippen LogP contribution in [0.3, 0.4) is 0 Å². The normalized spacial score (nSPS) is 17.3. The van der Waals surface area contributed by atoms with Gasteiger partial charge in [0.2, 0.25) is 0 Å². The van der Waals surface area contributed by atoms with Crippen LogP contribution in [-0.4, -0.2) is 98.7 Å². The summed E-state index contributed by atoms with van der Waals surface area (Å²) in [7, 11) is 2.22. The lowest BCUT2D eigenvalue weighted by atomic mass is 10.2. The molecule has 7 heteroatoms. The molecule has 1 aliphatic rings. The lowest BCUT2D eigenvalue weighted by Crippen LogP contribution is -2.45. The van der Waals surface area contributed by atoms with E-state index in [4.69, 9.17) is 4.99 Å². The zero-order valence-electron chi connectivity index (χ0n) is 18.6. The van der Waals surface area contributed by atoms with E-state index in [1.807, 2.05) is 0 Å². The lowest BCUT2D eigenvalue weighted by Gasteiger charge is -2.30. The molecule has 0 saturated carbocycles. The molecule has 1 fully saturated rings. The highest BCUT2D eigenvalue weighted by Crippen LogP contribution is 2.03. The zero-order valence-corrected chi connectivity index (χ0v) is 21.0. The van der Waals surface area contributed by atoms with E-state index in [0.29, 0.717) is 12.1 Å². The van der Waals surface area contributed by atoms with Gasteiger partial charge >= 0.3 is 0 Å². The highest BCUT2D eigenvalue weighted by Gasteiger charge is 2.13. The van der Waals surface area contributed by atoms with Gasteiger partial charge in [0.25, 0.3) is 0 Å². The molecule has 1 rings (SSSR count). The van der Waals surface area contributed by atoms with Gasteiger partial charge in [-0.05, 0) is 74.1 Å². The summed E-state index contributed by atoms with van der Waals surface area (Å²) in [5.74, 6) is 0.954. The predicted molar refractivity (Wildman–Crippen MR) is 130 cm³/mol. The largest absolute Gasteiger partial charge is 0.357 e. The van der Waals surface area contributed by atoms with Crippen LogP contribution in [0.2, 0.25) is 0 Å². The molecule has 0 bridgehead atoms. The Morgan fingerprint density at radius 1 is 1.04 bits per heavy atom. The van der Waals surface area contributed by atoms with E-state index < -0.39 is 0 Å². The second-order valence-corrected chi connectivity index (χ2v) is 7.96. The van der Waals surface area contributed by atoms with E-state index >= 15 is 0 Å². The summed E-state index contributed by atoms with van der Waals surface area (Å²) in [6, 6.07) is 1.15.